The summed E-state index contributed by atoms with van der Waals surface area (Å²) >= 11 is 0. The first kappa shape index (κ1) is 20.0. The van der Waals surface area contributed by atoms with E-state index >= 15 is 0 Å². The second kappa shape index (κ2) is 8.62. The second-order valence-corrected chi connectivity index (χ2v) is 6.88. The summed E-state index contributed by atoms with van der Waals surface area (Å²) in [6, 6.07) is 18.1. The van der Waals surface area contributed by atoms with Crippen molar-refractivity contribution in [1.29, 1.82) is 0 Å². The summed E-state index contributed by atoms with van der Waals surface area (Å²) in [6.45, 7) is 3.88. The van der Waals surface area contributed by atoms with Crippen LogP contribution in [0.3, 0.4) is 0 Å². The molecule has 0 saturated heterocycles. The monoisotopic (exact) mass is 417 g/mol. The van der Waals surface area contributed by atoms with Gasteiger partial charge < -0.3 is 16.0 Å². The average Bonchev–Trinajstić information content (AvgIpc) is 3.10. The molecule has 0 spiro atoms. The van der Waals surface area contributed by atoms with Crippen LogP contribution in [0.1, 0.15) is 11.4 Å². The number of carbonyl (C=O) groups excluding carboxylic acids is 1. The van der Waals surface area contributed by atoms with Crippen LogP contribution in [0.5, 0.6) is 0 Å². The molecule has 0 aliphatic heterocycles. The molecule has 2 aromatic carbocycles. The Hall–Kier alpha value is -4.27. The number of benzene rings is 2. The molecule has 0 atom stereocenters. The number of para-hydroxylation sites is 1. The van der Waals surface area contributed by atoms with Crippen molar-refractivity contribution in [2.24, 2.45) is 0 Å². The summed E-state index contributed by atoms with van der Waals surface area (Å²) < 4.78 is 15.4. The van der Waals surface area contributed by atoms with Crippen molar-refractivity contribution < 1.29 is 9.18 Å². The molecule has 0 unspecified atom stereocenters. The van der Waals surface area contributed by atoms with E-state index in [9.17, 15) is 9.18 Å². The van der Waals surface area contributed by atoms with E-state index in [-0.39, 0.29) is 5.69 Å². The Labute approximate surface area is 178 Å². The van der Waals surface area contributed by atoms with Gasteiger partial charge >= 0.3 is 6.03 Å². The van der Waals surface area contributed by atoms with Gasteiger partial charge in [0.2, 0.25) is 0 Å². The van der Waals surface area contributed by atoms with Gasteiger partial charge in [-0.3, -0.25) is 0 Å². The van der Waals surface area contributed by atoms with Gasteiger partial charge in [-0.05, 0) is 68.4 Å². The van der Waals surface area contributed by atoms with Gasteiger partial charge in [0.1, 0.15) is 5.82 Å². The van der Waals surface area contributed by atoms with E-state index in [1.165, 1.54) is 12.1 Å². The van der Waals surface area contributed by atoms with Crippen molar-refractivity contribution >= 4 is 28.9 Å². The summed E-state index contributed by atoms with van der Waals surface area (Å²) in [4.78, 5) is 12.1. The first-order valence-electron chi connectivity index (χ1n) is 9.55. The van der Waals surface area contributed by atoms with Gasteiger partial charge in [0.05, 0.1) is 11.4 Å². The first-order chi connectivity index (χ1) is 15.0. The molecule has 2 aromatic heterocycles. The van der Waals surface area contributed by atoms with Crippen LogP contribution in [0.25, 0.3) is 5.82 Å². The van der Waals surface area contributed by atoms with Crippen molar-refractivity contribution in [2.75, 3.05) is 16.0 Å². The fourth-order valence-electron chi connectivity index (χ4n) is 3.00. The van der Waals surface area contributed by atoms with Crippen LogP contribution in [0, 0.1) is 19.7 Å². The highest BCUT2D eigenvalue weighted by Crippen LogP contribution is 2.19. The Balaban J connectivity index is 1.36. The number of halogens is 1. The van der Waals surface area contributed by atoms with E-state index in [1.54, 1.807) is 41.1 Å². The Morgan fingerprint density at radius 3 is 2.29 bits per heavy atom. The predicted octanol–water partition coefficient (Wildman–Crippen LogP) is 4.81. The lowest BCUT2D eigenvalue weighted by molar-refractivity contribution is 0.262. The fraction of sp³-hybridized carbons (Fsp3) is 0.0909. The van der Waals surface area contributed by atoms with Gasteiger partial charge in [0.15, 0.2) is 11.6 Å². The molecule has 4 rings (SSSR count). The normalized spacial score (nSPS) is 10.5. The van der Waals surface area contributed by atoms with E-state index < -0.39 is 11.8 Å². The summed E-state index contributed by atoms with van der Waals surface area (Å²) in [7, 11) is 0. The molecule has 2 amide bonds. The molecule has 9 heteroatoms. The van der Waals surface area contributed by atoms with Crippen molar-refractivity contribution in [2.45, 2.75) is 13.8 Å². The van der Waals surface area contributed by atoms with Crippen LogP contribution in [-0.4, -0.2) is 26.0 Å². The molecule has 0 aliphatic rings. The van der Waals surface area contributed by atoms with Crippen molar-refractivity contribution in [1.82, 2.24) is 20.0 Å². The molecule has 156 valence electrons. The summed E-state index contributed by atoms with van der Waals surface area (Å²) in [5.74, 6) is 0.710. The number of hydrogen-bond donors (Lipinski definition) is 3. The second-order valence-electron chi connectivity index (χ2n) is 6.88. The minimum atomic E-state index is -0.531. The standard InChI is InChI=1S/C22H20FN7O/c1-14-13-15(2)30(29-14)21-12-11-20(27-28-21)24-16-7-9-17(10-8-16)25-22(31)26-19-6-4-3-5-18(19)23/h3-13H,1-2H3,(H,24,27)(H2,25,26,31). The van der Waals surface area contributed by atoms with Crippen molar-refractivity contribution in [3.05, 3.63) is 83.9 Å². The van der Waals surface area contributed by atoms with Crippen molar-refractivity contribution in [3.63, 3.8) is 0 Å². The minimum absolute atomic E-state index is 0.112. The number of carbonyl (C=O) groups is 1. The molecule has 0 aliphatic carbocycles. The Morgan fingerprint density at radius 1 is 0.903 bits per heavy atom. The maximum absolute atomic E-state index is 13.6. The van der Waals surface area contributed by atoms with Gasteiger partial charge in [-0.15, -0.1) is 10.2 Å². The van der Waals surface area contributed by atoms with Crippen LogP contribution in [0.4, 0.5) is 32.1 Å². The van der Waals surface area contributed by atoms with Gasteiger partial charge in [-0.2, -0.15) is 5.10 Å². The van der Waals surface area contributed by atoms with Crippen LogP contribution in [0.15, 0.2) is 66.7 Å². The molecule has 3 N–H and O–H groups in total. The Bertz CT molecular complexity index is 1200. The largest absolute Gasteiger partial charge is 0.339 e. The van der Waals surface area contributed by atoms with Crippen LogP contribution < -0.4 is 16.0 Å². The van der Waals surface area contributed by atoms with E-state index in [4.69, 9.17) is 0 Å². The average molecular weight is 417 g/mol. The summed E-state index contributed by atoms with van der Waals surface area (Å²) in [5, 5.41) is 21.1. The van der Waals surface area contributed by atoms with Gasteiger partial charge in [-0.25, -0.2) is 13.9 Å². The highest BCUT2D eigenvalue weighted by molar-refractivity contribution is 5.99. The molecular formula is C22H20FN7O. The Morgan fingerprint density at radius 2 is 1.65 bits per heavy atom. The third kappa shape index (κ3) is 4.84. The van der Waals surface area contributed by atoms with Crippen molar-refractivity contribution in [3.8, 4) is 5.82 Å². The molecule has 0 saturated carbocycles. The number of nitrogens with one attached hydrogen (secondary N) is 3. The smallest absolute Gasteiger partial charge is 0.323 e. The highest BCUT2D eigenvalue weighted by atomic mass is 19.1. The van der Waals surface area contributed by atoms with Gasteiger partial charge in [0, 0.05) is 17.1 Å². The zero-order valence-corrected chi connectivity index (χ0v) is 16.9. The number of anilines is 4. The van der Waals surface area contributed by atoms with E-state index in [0.29, 0.717) is 17.3 Å². The summed E-state index contributed by atoms with van der Waals surface area (Å²) in [5.41, 5.74) is 3.34. The maximum atomic E-state index is 13.6. The first-order valence-corrected chi connectivity index (χ1v) is 9.55. The lowest BCUT2D eigenvalue weighted by Crippen LogP contribution is -2.20. The molecule has 2 heterocycles. The lowest BCUT2D eigenvalue weighted by Gasteiger charge is -2.10. The fourth-order valence-corrected chi connectivity index (χ4v) is 3.00. The van der Waals surface area contributed by atoms with Crippen LogP contribution >= 0.6 is 0 Å². The number of aryl methyl sites for hydroxylation is 2. The molecule has 0 radical (unpaired) electrons. The highest BCUT2D eigenvalue weighted by Gasteiger charge is 2.08. The van der Waals surface area contributed by atoms with Crippen LogP contribution in [-0.2, 0) is 0 Å². The van der Waals surface area contributed by atoms with E-state index in [1.807, 2.05) is 32.0 Å². The SMILES string of the molecule is Cc1cc(C)n(-c2ccc(Nc3ccc(NC(=O)Nc4ccccc4F)cc3)nn2)n1. The third-order valence-electron chi connectivity index (χ3n) is 4.41. The number of aromatic nitrogens is 4. The quantitative estimate of drug-likeness (QED) is 0.433. The van der Waals surface area contributed by atoms with E-state index in [0.717, 1.165) is 17.1 Å². The summed E-state index contributed by atoms with van der Waals surface area (Å²) in [6.07, 6.45) is 0. The number of urea groups is 1. The number of amides is 2. The van der Waals surface area contributed by atoms with Gasteiger partial charge in [0.25, 0.3) is 0 Å². The van der Waals surface area contributed by atoms with Crippen LogP contribution in [0.2, 0.25) is 0 Å². The number of nitrogens with zero attached hydrogens (tertiary/aromatic N) is 4. The molecule has 0 fully saturated rings. The molecule has 0 bridgehead atoms. The Kier molecular flexibility index (Phi) is 5.57. The zero-order chi connectivity index (χ0) is 21.8. The molecular weight excluding hydrogens is 397 g/mol. The number of rotatable bonds is 5. The molecule has 8 nitrogen and oxygen atoms in total. The zero-order valence-electron chi connectivity index (χ0n) is 16.9. The van der Waals surface area contributed by atoms with E-state index in [2.05, 4.69) is 31.2 Å². The topological polar surface area (TPSA) is 96.8 Å². The third-order valence-corrected chi connectivity index (χ3v) is 4.41. The molecule has 4 aromatic rings. The predicted molar refractivity (Wildman–Crippen MR) is 117 cm³/mol. The minimum Gasteiger partial charge on any atom is -0.339 e. The van der Waals surface area contributed by atoms with Gasteiger partial charge in [-0.1, -0.05) is 12.1 Å². The lowest BCUT2D eigenvalue weighted by atomic mass is 10.2. The number of hydrogen-bond acceptors (Lipinski definition) is 5. The molecule has 31 heavy (non-hydrogen) atoms. The maximum Gasteiger partial charge on any atom is 0.323 e.